The molecule has 4 heteroatoms. The molecule has 1 aromatic heterocycles. The number of anilines is 1. The van der Waals surface area contributed by atoms with Gasteiger partial charge in [-0.3, -0.25) is 0 Å². The van der Waals surface area contributed by atoms with Crippen molar-refractivity contribution < 1.29 is 5.11 Å². The van der Waals surface area contributed by atoms with Crippen molar-refractivity contribution in [2.75, 3.05) is 12.3 Å². The first-order valence-corrected chi connectivity index (χ1v) is 5.07. The van der Waals surface area contributed by atoms with Crippen LogP contribution in [0, 0.1) is 0 Å². The van der Waals surface area contributed by atoms with E-state index < -0.39 is 0 Å². The van der Waals surface area contributed by atoms with Crippen LogP contribution < -0.4 is 5.73 Å². The van der Waals surface area contributed by atoms with Crippen molar-refractivity contribution in [2.45, 2.75) is 6.42 Å². The number of nitrogen functional groups attached to an aromatic ring is 1. The van der Waals surface area contributed by atoms with E-state index in [1.54, 1.807) is 12.4 Å². The fourth-order valence-corrected chi connectivity index (χ4v) is 1.48. The van der Waals surface area contributed by atoms with Gasteiger partial charge >= 0.3 is 0 Å². The lowest BCUT2D eigenvalue weighted by Gasteiger charge is -2.02. The van der Waals surface area contributed by atoms with Crippen LogP contribution in [0.25, 0.3) is 11.1 Å². The normalized spacial score (nSPS) is 10.3. The maximum Gasteiger partial charge on any atom is 0.219 e. The van der Waals surface area contributed by atoms with Crippen LogP contribution in [-0.2, 0) is 6.42 Å². The highest BCUT2D eigenvalue weighted by Crippen LogP contribution is 2.18. The molecule has 82 valence electrons. The largest absolute Gasteiger partial charge is 0.396 e. The number of rotatable bonds is 3. The van der Waals surface area contributed by atoms with Crippen molar-refractivity contribution in [3.05, 3.63) is 42.2 Å². The summed E-state index contributed by atoms with van der Waals surface area (Å²) in [5, 5.41) is 8.80. The number of hydrogen-bond acceptors (Lipinski definition) is 4. The molecule has 0 atom stereocenters. The lowest BCUT2D eigenvalue weighted by atomic mass is 10.1. The molecule has 0 aliphatic rings. The maximum absolute atomic E-state index is 8.80. The number of aliphatic hydroxyl groups is 1. The summed E-state index contributed by atoms with van der Waals surface area (Å²) in [5.74, 6) is 0.278. The highest BCUT2D eigenvalue weighted by atomic mass is 16.2. The summed E-state index contributed by atoms with van der Waals surface area (Å²) in [4.78, 5) is 7.88. The summed E-state index contributed by atoms with van der Waals surface area (Å²) in [6.07, 6.45) is 4.07. The van der Waals surface area contributed by atoms with E-state index in [-0.39, 0.29) is 12.6 Å². The van der Waals surface area contributed by atoms with Crippen molar-refractivity contribution in [3.8, 4) is 11.1 Å². The minimum absolute atomic E-state index is 0.171. The van der Waals surface area contributed by atoms with E-state index in [0.29, 0.717) is 6.42 Å². The van der Waals surface area contributed by atoms with Gasteiger partial charge in [-0.2, -0.15) is 0 Å². The van der Waals surface area contributed by atoms with Gasteiger partial charge in [-0.1, -0.05) is 24.3 Å². The van der Waals surface area contributed by atoms with Crippen LogP contribution >= 0.6 is 0 Å². The third kappa shape index (κ3) is 2.35. The first-order valence-electron chi connectivity index (χ1n) is 5.07. The van der Waals surface area contributed by atoms with Gasteiger partial charge in [0.1, 0.15) is 0 Å². The van der Waals surface area contributed by atoms with E-state index >= 15 is 0 Å². The molecule has 1 aromatic carbocycles. The minimum Gasteiger partial charge on any atom is -0.396 e. The summed E-state index contributed by atoms with van der Waals surface area (Å²) in [7, 11) is 0. The SMILES string of the molecule is Nc1ncc(-c2ccc(CCO)cc2)cn1. The van der Waals surface area contributed by atoms with Gasteiger partial charge in [0.25, 0.3) is 0 Å². The van der Waals surface area contributed by atoms with Crippen molar-refractivity contribution in [2.24, 2.45) is 0 Å². The first kappa shape index (κ1) is 10.6. The number of nitrogens with zero attached hydrogens (tertiary/aromatic N) is 2. The second-order valence-electron chi connectivity index (χ2n) is 3.50. The van der Waals surface area contributed by atoms with E-state index in [9.17, 15) is 0 Å². The molecule has 0 aliphatic carbocycles. The molecular weight excluding hydrogens is 202 g/mol. The lowest BCUT2D eigenvalue weighted by molar-refractivity contribution is 0.299. The highest BCUT2D eigenvalue weighted by Gasteiger charge is 1.99. The summed E-state index contributed by atoms with van der Waals surface area (Å²) in [6, 6.07) is 7.95. The molecule has 0 saturated carbocycles. The van der Waals surface area contributed by atoms with E-state index in [2.05, 4.69) is 9.97 Å². The van der Waals surface area contributed by atoms with E-state index in [1.807, 2.05) is 24.3 Å². The molecule has 0 unspecified atom stereocenters. The van der Waals surface area contributed by atoms with Gasteiger partial charge < -0.3 is 10.8 Å². The second-order valence-corrected chi connectivity index (χ2v) is 3.50. The Hall–Kier alpha value is -1.94. The summed E-state index contributed by atoms with van der Waals surface area (Å²) < 4.78 is 0. The van der Waals surface area contributed by atoms with Crippen molar-refractivity contribution >= 4 is 5.95 Å². The Kier molecular flexibility index (Phi) is 3.12. The van der Waals surface area contributed by atoms with Crippen molar-refractivity contribution in [1.29, 1.82) is 0 Å². The monoisotopic (exact) mass is 215 g/mol. The maximum atomic E-state index is 8.80. The fourth-order valence-electron chi connectivity index (χ4n) is 1.48. The average molecular weight is 215 g/mol. The number of hydrogen-bond donors (Lipinski definition) is 2. The molecule has 0 aliphatic heterocycles. The summed E-state index contributed by atoms with van der Waals surface area (Å²) in [6.45, 7) is 0.171. The second kappa shape index (κ2) is 4.72. The molecule has 16 heavy (non-hydrogen) atoms. The van der Waals surface area contributed by atoms with E-state index in [4.69, 9.17) is 10.8 Å². The smallest absolute Gasteiger partial charge is 0.219 e. The zero-order chi connectivity index (χ0) is 11.4. The lowest BCUT2D eigenvalue weighted by Crippen LogP contribution is -1.94. The quantitative estimate of drug-likeness (QED) is 0.808. The number of benzene rings is 1. The highest BCUT2D eigenvalue weighted by molar-refractivity contribution is 5.62. The molecule has 0 spiro atoms. The van der Waals surface area contributed by atoms with Gasteiger partial charge in [0.2, 0.25) is 5.95 Å². The molecule has 0 bridgehead atoms. The van der Waals surface area contributed by atoms with Crippen LogP contribution in [0.3, 0.4) is 0 Å². The number of aromatic nitrogens is 2. The van der Waals surface area contributed by atoms with Crippen LogP contribution in [0.2, 0.25) is 0 Å². The van der Waals surface area contributed by atoms with Gasteiger partial charge in [-0.05, 0) is 17.5 Å². The van der Waals surface area contributed by atoms with Crippen molar-refractivity contribution in [1.82, 2.24) is 9.97 Å². The van der Waals surface area contributed by atoms with Crippen LogP contribution in [0.5, 0.6) is 0 Å². The number of aliphatic hydroxyl groups excluding tert-OH is 1. The zero-order valence-electron chi connectivity index (χ0n) is 8.80. The van der Waals surface area contributed by atoms with Gasteiger partial charge in [0.05, 0.1) is 0 Å². The number of nitrogens with two attached hydrogens (primary N) is 1. The summed E-state index contributed by atoms with van der Waals surface area (Å²) >= 11 is 0. The van der Waals surface area contributed by atoms with Crippen LogP contribution in [0.4, 0.5) is 5.95 Å². The molecule has 0 saturated heterocycles. The molecule has 2 rings (SSSR count). The third-order valence-electron chi connectivity index (χ3n) is 2.36. The van der Waals surface area contributed by atoms with Gasteiger partial charge in [-0.25, -0.2) is 9.97 Å². The fraction of sp³-hybridized carbons (Fsp3) is 0.167. The predicted octanol–water partition coefficient (Wildman–Crippen LogP) is 1.26. The Morgan fingerprint density at radius 3 is 2.19 bits per heavy atom. The molecular formula is C12H13N3O. The van der Waals surface area contributed by atoms with Gasteiger partial charge in [-0.15, -0.1) is 0 Å². The third-order valence-corrected chi connectivity index (χ3v) is 2.36. The minimum atomic E-state index is 0.171. The summed E-state index contributed by atoms with van der Waals surface area (Å²) in [5.41, 5.74) is 8.51. The van der Waals surface area contributed by atoms with Gasteiger partial charge in [0, 0.05) is 24.6 Å². The topological polar surface area (TPSA) is 72.0 Å². The van der Waals surface area contributed by atoms with Crippen LogP contribution in [-0.4, -0.2) is 21.7 Å². The average Bonchev–Trinajstić information content (AvgIpc) is 2.32. The van der Waals surface area contributed by atoms with E-state index in [1.165, 1.54) is 0 Å². The molecule has 0 radical (unpaired) electrons. The molecule has 4 nitrogen and oxygen atoms in total. The Bertz CT molecular complexity index is 451. The molecule has 0 amide bonds. The Morgan fingerprint density at radius 1 is 1.00 bits per heavy atom. The predicted molar refractivity (Wildman–Crippen MR) is 62.7 cm³/mol. The van der Waals surface area contributed by atoms with Crippen LogP contribution in [0.15, 0.2) is 36.7 Å². The van der Waals surface area contributed by atoms with Crippen molar-refractivity contribution in [3.63, 3.8) is 0 Å². The zero-order valence-corrected chi connectivity index (χ0v) is 8.80. The molecule has 2 aromatic rings. The first-order chi connectivity index (χ1) is 7.79. The van der Waals surface area contributed by atoms with E-state index in [0.717, 1.165) is 16.7 Å². The Balaban J connectivity index is 2.24. The molecule has 0 fully saturated rings. The standard InChI is InChI=1S/C12H13N3O/c13-12-14-7-11(8-15-12)10-3-1-9(2-4-10)5-6-16/h1-4,7-8,16H,5-6H2,(H2,13,14,15). The van der Waals surface area contributed by atoms with Gasteiger partial charge in [0.15, 0.2) is 0 Å². The Morgan fingerprint density at radius 2 is 1.62 bits per heavy atom. The molecule has 3 N–H and O–H groups in total. The van der Waals surface area contributed by atoms with Crippen LogP contribution in [0.1, 0.15) is 5.56 Å². The molecule has 1 heterocycles. The Labute approximate surface area is 93.8 Å².